The number of nitrogens with one attached hydrogen (secondary N) is 1. The summed E-state index contributed by atoms with van der Waals surface area (Å²) in [6.45, 7) is 2.99. The SMILES string of the molecule is CC(CN(C)C)Nc1cccnc1C#N. The van der Waals surface area contributed by atoms with Crippen LogP contribution in [-0.2, 0) is 0 Å². The quantitative estimate of drug-likeness (QED) is 0.803. The lowest BCUT2D eigenvalue weighted by Crippen LogP contribution is -2.29. The number of aromatic nitrogens is 1. The Labute approximate surface area is 90.5 Å². The highest BCUT2D eigenvalue weighted by Gasteiger charge is 2.06. The van der Waals surface area contributed by atoms with Crippen LogP contribution in [0.1, 0.15) is 12.6 Å². The number of nitrogens with zero attached hydrogens (tertiary/aromatic N) is 3. The average molecular weight is 204 g/mol. The van der Waals surface area contributed by atoms with Crippen LogP contribution >= 0.6 is 0 Å². The molecule has 1 aromatic heterocycles. The average Bonchev–Trinajstić information content (AvgIpc) is 2.17. The molecule has 1 unspecified atom stereocenters. The van der Waals surface area contributed by atoms with Crippen LogP contribution in [0, 0.1) is 11.3 Å². The molecule has 0 saturated carbocycles. The van der Waals surface area contributed by atoms with Crippen molar-refractivity contribution in [1.82, 2.24) is 9.88 Å². The van der Waals surface area contributed by atoms with Crippen molar-refractivity contribution in [1.29, 1.82) is 5.26 Å². The monoisotopic (exact) mass is 204 g/mol. The van der Waals surface area contributed by atoms with Gasteiger partial charge in [-0.05, 0) is 33.2 Å². The molecule has 1 atom stereocenters. The van der Waals surface area contributed by atoms with Gasteiger partial charge in [0.05, 0.1) is 5.69 Å². The van der Waals surface area contributed by atoms with Gasteiger partial charge in [-0.3, -0.25) is 0 Å². The molecule has 1 N–H and O–H groups in total. The first-order valence-corrected chi connectivity index (χ1v) is 4.90. The van der Waals surface area contributed by atoms with Gasteiger partial charge in [-0.25, -0.2) is 4.98 Å². The second kappa shape index (κ2) is 5.32. The van der Waals surface area contributed by atoms with Crippen molar-refractivity contribution in [3.05, 3.63) is 24.0 Å². The first kappa shape index (κ1) is 11.5. The molecule has 1 rings (SSSR count). The van der Waals surface area contributed by atoms with E-state index in [0.29, 0.717) is 5.69 Å². The Morgan fingerprint density at radius 3 is 2.93 bits per heavy atom. The Kier molecular flexibility index (Phi) is 4.07. The van der Waals surface area contributed by atoms with Crippen LogP contribution in [0.3, 0.4) is 0 Å². The molecule has 80 valence electrons. The van der Waals surface area contributed by atoms with Gasteiger partial charge in [0.2, 0.25) is 0 Å². The number of hydrogen-bond acceptors (Lipinski definition) is 4. The summed E-state index contributed by atoms with van der Waals surface area (Å²) in [5.41, 5.74) is 1.25. The van der Waals surface area contributed by atoms with Gasteiger partial charge in [-0.1, -0.05) is 0 Å². The summed E-state index contributed by atoms with van der Waals surface area (Å²) < 4.78 is 0. The Morgan fingerprint density at radius 1 is 1.60 bits per heavy atom. The number of nitriles is 1. The zero-order valence-corrected chi connectivity index (χ0v) is 9.36. The molecular weight excluding hydrogens is 188 g/mol. The van der Waals surface area contributed by atoms with E-state index in [-0.39, 0.29) is 6.04 Å². The molecular formula is C11H16N4. The van der Waals surface area contributed by atoms with Crippen LogP contribution in [0.25, 0.3) is 0 Å². The molecule has 1 heterocycles. The molecule has 0 aliphatic rings. The predicted octanol–water partition coefficient (Wildman–Crippen LogP) is 1.32. The Bertz CT molecular complexity index is 354. The normalized spacial score (nSPS) is 12.2. The number of hydrogen-bond donors (Lipinski definition) is 1. The maximum atomic E-state index is 8.85. The third-order valence-corrected chi connectivity index (χ3v) is 1.95. The van der Waals surface area contributed by atoms with Crippen LogP contribution < -0.4 is 5.32 Å². The Hall–Kier alpha value is -1.60. The van der Waals surface area contributed by atoms with E-state index in [9.17, 15) is 0 Å². The first-order chi connectivity index (χ1) is 7.13. The van der Waals surface area contributed by atoms with E-state index in [2.05, 4.69) is 28.2 Å². The summed E-state index contributed by atoms with van der Waals surface area (Å²) in [4.78, 5) is 6.09. The molecule has 0 aromatic carbocycles. The minimum atomic E-state index is 0.288. The maximum Gasteiger partial charge on any atom is 0.163 e. The van der Waals surface area contributed by atoms with Crippen molar-refractivity contribution >= 4 is 5.69 Å². The van der Waals surface area contributed by atoms with Crippen LogP contribution in [-0.4, -0.2) is 36.6 Å². The van der Waals surface area contributed by atoms with Crippen LogP contribution in [0.15, 0.2) is 18.3 Å². The van der Waals surface area contributed by atoms with E-state index in [1.165, 1.54) is 0 Å². The fraction of sp³-hybridized carbons (Fsp3) is 0.455. The maximum absolute atomic E-state index is 8.85. The topological polar surface area (TPSA) is 52.0 Å². The molecule has 0 bridgehead atoms. The van der Waals surface area contributed by atoms with Gasteiger partial charge in [-0.15, -0.1) is 0 Å². The van der Waals surface area contributed by atoms with Crippen molar-refractivity contribution in [2.45, 2.75) is 13.0 Å². The summed E-state index contributed by atoms with van der Waals surface area (Å²) in [5.74, 6) is 0. The zero-order valence-electron chi connectivity index (χ0n) is 9.36. The third kappa shape index (κ3) is 3.56. The van der Waals surface area contributed by atoms with Gasteiger partial charge < -0.3 is 10.2 Å². The van der Waals surface area contributed by atoms with Crippen molar-refractivity contribution in [3.8, 4) is 6.07 Å². The highest BCUT2D eigenvalue weighted by molar-refractivity contribution is 5.53. The van der Waals surface area contributed by atoms with Gasteiger partial charge >= 0.3 is 0 Å². The van der Waals surface area contributed by atoms with Gasteiger partial charge in [-0.2, -0.15) is 5.26 Å². The van der Waals surface area contributed by atoms with Gasteiger partial charge in [0.25, 0.3) is 0 Å². The number of pyridine rings is 1. The largest absolute Gasteiger partial charge is 0.379 e. The fourth-order valence-corrected chi connectivity index (χ4v) is 1.47. The van der Waals surface area contributed by atoms with Crippen LogP contribution in [0.4, 0.5) is 5.69 Å². The van der Waals surface area contributed by atoms with Crippen LogP contribution in [0.2, 0.25) is 0 Å². The van der Waals surface area contributed by atoms with Gasteiger partial charge in [0, 0.05) is 18.8 Å². The molecule has 0 spiro atoms. The van der Waals surface area contributed by atoms with Crippen molar-refractivity contribution in [3.63, 3.8) is 0 Å². The minimum absolute atomic E-state index is 0.288. The summed E-state index contributed by atoms with van der Waals surface area (Å²) in [7, 11) is 4.04. The summed E-state index contributed by atoms with van der Waals surface area (Å²) in [6.07, 6.45) is 1.63. The molecule has 1 aromatic rings. The molecule has 0 aliphatic carbocycles. The fourth-order valence-electron chi connectivity index (χ4n) is 1.47. The van der Waals surface area contributed by atoms with E-state index in [1.54, 1.807) is 6.20 Å². The predicted molar refractivity (Wildman–Crippen MR) is 60.6 cm³/mol. The van der Waals surface area contributed by atoms with E-state index in [1.807, 2.05) is 26.2 Å². The van der Waals surface area contributed by atoms with Gasteiger partial charge in [0.15, 0.2) is 5.69 Å². The summed E-state index contributed by atoms with van der Waals surface area (Å²) >= 11 is 0. The van der Waals surface area contributed by atoms with E-state index in [4.69, 9.17) is 5.26 Å². The first-order valence-electron chi connectivity index (χ1n) is 4.90. The Morgan fingerprint density at radius 2 is 2.33 bits per heavy atom. The Balaban J connectivity index is 2.68. The third-order valence-electron chi connectivity index (χ3n) is 1.95. The summed E-state index contributed by atoms with van der Waals surface area (Å²) in [6, 6.07) is 6.05. The molecule has 0 saturated heterocycles. The molecule has 0 aliphatic heterocycles. The lowest BCUT2D eigenvalue weighted by molar-refractivity contribution is 0.392. The highest BCUT2D eigenvalue weighted by atomic mass is 15.1. The number of rotatable bonds is 4. The van der Waals surface area contributed by atoms with E-state index in [0.717, 1.165) is 12.2 Å². The molecule has 0 radical (unpaired) electrons. The lowest BCUT2D eigenvalue weighted by Gasteiger charge is -2.19. The van der Waals surface area contributed by atoms with Crippen LogP contribution in [0.5, 0.6) is 0 Å². The summed E-state index contributed by atoms with van der Waals surface area (Å²) in [5, 5.41) is 12.1. The van der Waals surface area contributed by atoms with Crippen molar-refractivity contribution in [2.24, 2.45) is 0 Å². The lowest BCUT2D eigenvalue weighted by atomic mass is 10.2. The minimum Gasteiger partial charge on any atom is -0.379 e. The van der Waals surface area contributed by atoms with Gasteiger partial charge in [0.1, 0.15) is 6.07 Å². The number of anilines is 1. The smallest absolute Gasteiger partial charge is 0.163 e. The zero-order chi connectivity index (χ0) is 11.3. The van der Waals surface area contributed by atoms with Crippen molar-refractivity contribution in [2.75, 3.05) is 26.0 Å². The molecule has 0 amide bonds. The number of likely N-dealkylation sites (N-methyl/N-ethyl adjacent to an activating group) is 1. The highest BCUT2D eigenvalue weighted by Crippen LogP contribution is 2.11. The van der Waals surface area contributed by atoms with E-state index >= 15 is 0 Å². The molecule has 4 nitrogen and oxygen atoms in total. The van der Waals surface area contributed by atoms with Crippen molar-refractivity contribution < 1.29 is 0 Å². The molecule has 0 fully saturated rings. The second-order valence-electron chi connectivity index (χ2n) is 3.82. The molecule has 15 heavy (non-hydrogen) atoms. The standard InChI is InChI=1S/C11H16N4/c1-9(8-15(2)3)14-10-5-4-6-13-11(10)7-12/h4-6,9,14H,8H2,1-3H3. The molecule has 4 heteroatoms. The second-order valence-corrected chi connectivity index (χ2v) is 3.82. The van der Waals surface area contributed by atoms with E-state index < -0.39 is 0 Å².